The van der Waals surface area contributed by atoms with Gasteiger partial charge in [0.1, 0.15) is 10.6 Å². The van der Waals surface area contributed by atoms with Crippen LogP contribution in [0, 0.1) is 0 Å². The highest BCUT2D eigenvalue weighted by molar-refractivity contribution is 7.93. The third-order valence-electron chi connectivity index (χ3n) is 5.40. The van der Waals surface area contributed by atoms with Crippen LogP contribution in [0.3, 0.4) is 0 Å². The van der Waals surface area contributed by atoms with Crippen LogP contribution >= 0.6 is 11.6 Å². The molecule has 1 amide bonds. The lowest BCUT2D eigenvalue weighted by Crippen LogP contribution is -2.35. The van der Waals surface area contributed by atoms with Crippen LogP contribution in [-0.2, 0) is 23.0 Å². The summed E-state index contributed by atoms with van der Waals surface area (Å²) < 4.78 is 34.0. The predicted molar refractivity (Wildman–Crippen MR) is 125 cm³/mol. The molecule has 0 saturated heterocycles. The fourth-order valence-corrected chi connectivity index (χ4v) is 5.76. The van der Waals surface area contributed by atoms with Crippen LogP contribution in [0.4, 0.5) is 5.69 Å². The summed E-state index contributed by atoms with van der Waals surface area (Å²) in [6.45, 7) is 0.640. The molecular formula is C24H23ClN2O4S. The van der Waals surface area contributed by atoms with Gasteiger partial charge in [0.05, 0.1) is 12.8 Å². The Morgan fingerprint density at radius 1 is 1.09 bits per heavy atom. The molecule has 0 radical (unpaired) electrons. The second-order valence-electron chi connectivity index (χ2n) is 7.49. The summed E-state index contributed by atoms with van der Waals surface area (Å²) in [5.41, 5.74) is 2.72. The molecule has 6 nitrogen and oxygen atoms in total. The maximum atomic E-state index is 13.6. The van der Waals surface area contributed by atoms with Gasteiger partial charge < -0.3 is 10.1 Å². The van der Waals surface area contributed by atoms with Crippen molar-refractivity contribution in [2.75, 3.05) is 18.0 Å². The first kappa shape index (κ1) is 22.2. The zero-order valence-electron chi connectivity index (χ0n) is 17.5. The number of aryl methyl sites for hydroxylation is 1. The maximum Gasteiger partial charge on any atom is 0.268 e. The Bertz CT molecular complexity index is 1260. The Morgan fingerprint density at radius 3 is 2.69 bits per heavy atom. The fourth-order valence-electron chi connectivity index (χ4n) is 3.82. The van der Waals surface area contributed by atoms with E-state index < -0.39 is 10.0 Å². The van der Waals surface area contributed by atoms with Gasteiger partial charge in [0, 0.05) is 23.7 Å². The second kappa shape index (κ2) is 9.22. The summed E-state index contributed by atoms with van der Waals surface area (Å²) in [6.07, 6.45) is 1.55. The van der Waals surface area contributed by atoms with Gasteiger partial charge in [-0.3, -0.25) is 9.10 Å². The Balaban J connectivity index is 1.64. The normalized spacial score (nSPS) is 13.4. The van der Waals surface area contributed by atoms with E-state index in [-0.39, 0.29) is 28.7 Å². The molecule has 3 aromatic rings. The van der Waals surface area contributed by atoms with Crippen LogP contribution in [0.5, 0.6) is 5.75 Å². The molecule has 32 heavy (non-hydrogen) atoms. The van der Waals surface area contributed by atoms with E-state index in [0.717, 1.165) is 24.0 Å². The molecule has 0 bridgehead atoms. The summed E-state index contributed by atoms with van der Waals surface area (Å²) in [5.74, 6) is -0.192. The molecule has 1 aliphatic heterocycles. The zero-order chi connectivity index (χ0) is 22.7. The molecule has 0 spiro atoms. The van der Waals surface area contributed by atoms with E-state index in [2.05, 4.69) is 5.32 Å². The molecule has 1 aliphatic rings. The SMILES string of the molecule is COc1ccc(C(=O)NCc2cccc(Cl)c2)cc1S(=O)(=O)N1CCCc2ccccc21. The number of amides is 1. The number of halogens is 1. The average Bonchev–Trinajstić information content (AvgIpc) is 2.81. The molecule has 0 aliphatic carbocycles. The largest absolute Gasteiger partial charge is 0.495 e. The van der Waals surface area contributed by atoms with E-state index in [1.807, 2.05) is 24.3 Å². The molecule has 1 heterocycles. The van der Waals surface area contributed by atoms with Gasteiger partial charge >= 0.3 is 0 Å². The number of hydrogen-bond acceptors (Lipinski definition) is 4. The van der Waals surface area contributed by atoms with Gasteiger partial charge in [-0.05, 0) is 60.4 Å². The van der Waals surface area contributed by atoms with Crippen molar-refractivity contribution in [1.29, 1.82) is 0 Å². The number of carbonyl (C=O) groups is 1. The standard InChI is InChI=1S/C24H23ClN2O4S/c1-31-22-12-11-19(24(28)26-16-17-6-4-9-20(25)14-17)15-23(22)32(29,30)27-13-5-8-18-7-2-3-10-21(18)27/h2-4,6-7,9-12,14-15H,5,8,13,16H2,1H3,(H,26,28). The monoisotopic (exact) mass is 470 g/mol. The van der Waals surface area contributed by atoms with Crippen LogP contribution in [0.15, 0.2) is 71.6 Å². The highest BCUT2D eigenvalue weighted by Crippen LogP contribution is 2.35. The van der Waals surface area contributed by atoms with E-state index in [4.69, 9.17) is 16.3 Å². The van der Waals surface area contributed by atoms with E-state index in [1.54, 1.807) is 30.3 Å². The summed E-state index contributed by atoms with van der Waals surface area (Å²) >= 11 is 5.99. The fraction of sp³-hybridized carbons (Fsp3) is 0.208. The summed E-state index contributed by atoms with van der Waals surface area (Å²) in [4.78, 5) is 12.7. The zero-order valence-corrected chi connectivity index (χ0v) is 19.1. The Morgan fingerprint density at radius 2 is 1.91 bits per heavy atom. The molecule has 0 fully saturated rings. The second-order valence-corrected chi connectivity index (χ2v) is 9.75. The molecular weight excluding hydrogens is 448 g/mol. The molecule has 0 unspecified atom stereocenters. The van der Waals surface area contributed by atoms with Gasteiger partial charge in [-0.25, -0.2) is 8.42 Å². The summed E-state index contributed by atoms with van der Waals surface area (Å²) in [5, 5.41) is 3.39. The highest BCUT2D eigenvalue weighted by Gasteiger charge is 2.32. The van der Waals surface area contributed by atoms with Gasteiger partial charge in [-0.2, -0.15) is 0 Å². The van der Waals surface area contributed by atoms with Gasteiger partial charge in [0.2, 0.25) is 0 Å². The Labute approximate surface area is 192 Å². The van der Waals surface area contributed by atoms with Crippen molar-refractivity contribution in [1.82, 2.24) is 5.32 Å². The number of carbonyl (C=O) groups excluding carboxylic acids is 1. The summed E-state index contributed by atoms with van der Waals surface area (Å²) in [6, 6.07) is 19.1. The first-order valence-corrected chi connectivity index (χ1v) is 12.0. The summed E-state index contributed by atoms with van der Waals surface area (Å²) in [7, 11) is -2.52. The van der Waals surface area contributed by atoms with Crippen LogP contribution in [0.25, 0.3) is 0 Å². The number of nitrogens with zero attached hydrogens (tertiary/aromatic N) is 1. The van der Waals surface area contributed by atoms with Crippen molar-refractivity contribution >= 4 is 33.2 Å². The number of hydrogen-bond donors (Lipinski definition) is 1. The Hall–Kier alpha value is -3.03. The molecule has 0 aromatic heterocycles. The van der Waals surface area contributed by atoms with Gasteiger partial charge in [-0.15, -0.1) is 0 Å². The van der Waals surface area contributed by atoms with Crippen LogP contribution < -0.4 is 14.4 Å². The minimum absolute atomic E-state index is 0.0351. The van der Waals surface area contributed by atoms with Crippen molar-refractivity contribution in [3.05, 3.63) is 88.4 Å². The molecule has 0 atom stereocenters. The number of nitrogens with one attached hydrogen (secondary N) is 1. The first-order valence-electron chi connectivity index (χ1n) is 10.2. The van der Waals surface area contributed by atoms with E-state index in [1.165, 1.54) is 23.5 Å². The lowest BCUT2D eigenvalue weighted by molar-refractivity contribution is 0.0950. The average molecular weight is 471 g/mol. The smallest absolute Gasteiger partial charge is 0.268 e. The number of benzene rings is 3. The predicted octanol–water partition coefficient (Wildman–Crippen LogP) is 4.42. The molecule has 166 valence electrons. The topological polar surface area (TPSA) is 75.7 Å². The maximum absolute atomic E-state index is 13.6. The van der Waals surface area contributed by atoms with E-state index in [0.29, 0.717) is 17.3 Å². The highest BCUT2D eigenvalue weighted by atomic mass is 35.5. The van der Waals surface area contributed by atoms with Crippen molar-refractivity contribution in [3.63, 3.8) is 0 Å². The minimum Gasteiger partial charge on any atom is -0.495 e. The van der Waals surface area contributed by atoms with Gasteiger partial charge in [0.15, 0.2) is 0 Å². The molecule has 0 saturated carbocycles. The lowest BCUT2D eigenvalue weighted by Gasteiger charge is -2.31. The molecule has 3 aromatic carbocycles. The van der Waals surface area contributed by atoms with Crippen LogP contribution in [0.2, 0.25) is 5.02 Å². The lowest BCUT2D eigenvalue weighted by atomic mass is 10.0. The Kier molecular flexibility index (Phi) is 6.39. The van der Waals surface area contributed by atoms with Crippen molar-refractivity contribution in [2.24, 2.45) is 0 Å². The number of rotatable bonds is 6. The van der Waals surface area contributed by atoms with Crippen LogP contribution in [-0.4, -0.2) is 28.0 Å². The molecule has 4 rings (SSSR count). The van der Waals surface area contributed by atoms with E-state index >= 15 is 0 Å². The van der Waals surface area contributed by atoms with Crippen molar-refractivity contribution in [3.8, 4) is 5.75 Å². The van der Waals surface area contributed by atoms with Gasteiger partial charge in [-0.1, -0.05) is 41.9 Å². The number of methoxy groups -OCH3 is 1. The van der Waals surface area contributed by atoms with Crippen LogP contribution in [0.1, 0.15) is 27.9 Å². The number of ether oxygens (including phenoxy) is 1. The van der Waals surface area contributed by atoms with E-state index in [9.17, 15) is 13.2 Å². The molecule has 1 N–H and O–H groups in total. The number of fused-ring (bicyclic) bond motifs is 1. The van der Waals surface area contributed by atoms with Gasteiger partial charge in [0.25, 0.3) is 15.9 Å². The van der Waals surface area contributed by atoms with Crippen molar-refractivity contribution in [2.45, 2.75) is 24.3 Å². The first-order chi connectivity index (χ1) is 15.4. The third kappa shape index (κ3) is 4.45. The molecule has 8 heteroatoms. The van der Waals surface area contributed by atoms with Crippen molar-refractivity contribution < 1.29 is 17.9 Å². The number of sulfonamides is 1. The minimum atomic E-state index is -3.94. The quantitative estimate of drug-likeness (QED) is 0.578. The number of para-hydroxylation sites is 1. The third-order valence-corrected chi connectivity index (χ3v) is 7.47. The number of anilines is 1.